The van der Waals surface area contributed by atoms with Gasteiger partial charge in [0.05, 0.1) is 11.6 Å². The van der Waals surface area contributed by atoms with Crippen molar-refractivity contribution in [3.8, 4) is 0 Å². The molecule has 1 unspecified atom stereocenters. The van der Waals surface area contributed by atoms with Gasteiger partial charge in [-0.05, 0) is 55.9 Å². The highest BCUT2D eigenvalue weighted by atomic mass is 16.5. The summed E-state index contributed by atoms with van der Waals surface area (Å²) in [6.45, 7) is 2.88. The fourth-order valence-electron chi connectivity index (χ4n) is 3.06. The molecule has 2 aromatic rings. The van der Waals surface area contributed by atoms with Crippen molar-refractivity contribution in [3.63, 3.8) is 0 Å². The third-order valence-electron chi connectivity index (χ3n) is 4.24. The molecular formula is C17H22N2O. The molecule has 3 rings (SSSR count). The molecule has 1 aromatic carbocycles. The number of hydrogen-bond acceptors (Lipinski definition) is 3. The Hall–Kier alpha value is -1.45. The minimum atomic E-state index is 0.118. The molecule has 0 bridgehead atoms. The lowest BCUT2D eigenvalue weighted by Gasteiger charge is -2.36. The highest BCUT2D eigenvalue weighted by molar-refractivity contribution is 5.79. The summed E-state index contributed by atoms with van der Waals surface area (Å²) in [5.41, 5.74) is 8.60. The van der Waals surface area contributed by atoms with Gasteiger partial charge in [0.2, 0.25) is 0 Å². The van der Waals surface area contributed by atoms with Crippen molar-refractivity contribution < 1.29 is 4.74 Å². The summed E-state index contributed by atoms with van der Waals surface area (Å²) in [7, 11) is 0. The number of ether oxygens (including phenoxy) is 1. The molecule has 0 aliphatic heterocycles. The monoisotopic (exact) mass is 270 g/mol. The zero-order chi connectivity index (χ0) is 13.9. The first kappa shape index (κ1) is 13.5. The Morgan fingerprint density at radius 3 is 3.00 bits per heavy atom. The van der Waals surface area contributed by atoms with Gasteiger partial charge in [-0.2, -0.15) is 0 Å². The van der Waals surface area contributed by atoms with Crippen LogP contribution in [0.1, 0.15) is 37.8 Å². The molecular weight excluding hydrogens is 248 g/mol. The molecule has 2 N–H and O–H groups in total. The average Bonchev–Trinajstić information content (AvgIpc) is 2.44. The SMILES string of the molecule is CCOC1CC(CC(N)c2ccc3ncccc3c2)C1. The highest BCUT2D eigenvalue weighted by Gasteiger charge is 2.30. The fourth-order valence-corrected chi connectivity index (χ4v) is 3.06. The van der Waals surface area contributed by atoms with Gasteiger partial charge in [-0.15, -0.1) is 0 Å². The van der Waals surface area contributed by atoms with Gasteiger partial charge in [0.1, 0.15) is 0 Å². The maximum Gasteiger partial charge on any atom is 0.0702 e. The van der Waals surface area contributed by atoms with Crippen molar-refractivity contribution in [2.24, 2.45) is 11.7 Å². The summed E-state index contributed by atoms with van der Waals surface area (Å²) in [6.07, 6.45) is 5.67. The third kappa shape index (κ3) is 2.84. The Kier molecular flexibility index (Phi) is 3.99. The van der Waals surface area contributed by atoms with E-state index in [0.29, 0.717) is 12.0 Å². The predicted molar refractivity (Wildman–Crippen MR) is 81.4 cm³/mol. The van der Waals surface area contributed by atoms with Crippen molar-refractivity contribution in [2.75, 3.05) is 6.61 Å². The van der Waals surface area contributed by atoms with Crippen molar-refractivity contribution in [2.45, 2.75) is 38.3 Å². The summed E-state index contributed by atoms with van der Waals surface area (Å²) >= 11 is 0. The Morgan fingerprint density at radius 2 is 2.20 bits per heavy atom. The van der Waals surface area contributed by atoms with E-state index in [1.807, 2.05) is 12.3 Å². The normalized spacial score (nSPS) is 23.5. The number of fused-ring (bicyclic) bond motifs is 1. The van der Waals surface area contributed by atoms with Crippen LogP contribution in [0.5, 0.6) is 0 Å². The summed E-state index contributed by atoms with van der Waals surface area (Å²) in [5, 5.41) is 1.17. The maximum absolute atomic E-state index is 6.35. The molecule has 1 aliphatic carbocycles. The maximum atomic E-state index is 6.35. The molecule has 1 heterocycles. The van der Waals surface area contributed by atoms with Crippen LogP contribution in [0.15, 0.2) is 36.5 Å². The topological polar surface area (TPSA) is 48.1 Å². The number of aromatic nitrogens is 1. The number of nitrogens with zero attached hydrogens (tertiary/aromatic N) is 1. The standard InChI is InChI=1S/C17H22N2O/c1-2-20-15-8-12(9-15)10-16(18)13-5-6-17-14(11-13)4-3-7-19-17/h3-7,11-12,15-16H,2,8-10,18H2,1H3. The van der Waals surface area contributed by atoms with Crippen LogP contribution in [0.4, 0.5) is 0 Å². The van der Waals surface area contributed by atoms with Gasteiger partial charge in [-0.1, -0.05) is 12.1 Å². The van der Waals surface area contributed by atoms with Gasteiger partial charge in [0.15, 0.2) is 0 Å². The molecule has 1 fully saturated rings. The number of pyridine rings is 1. The van der Waals surface area contributed by atoms with Crippen LogP contribution in [0.3, 0.4) is 0 Å². The molecule has 0 radical (unpaired) electrons. The molecule has 0 spiro atoms. The largest absolute Gasteiger partial charge is 0.378 e. The first-order valence-electron chi connectivity index (χ1n) is 7.48. The average molecular weight is 270 g/mol. The molecule has 1 saturated carbocycles. The van der Waals surface area contributed by atoms with E-state index < -0.39 is 0 Å². The van der Waals surface area contributed by atoms with E-state index >= 15 is 0 Å². The molecule has 0 saturated heterocycles. The van der Waals surface area contributed by atoms with Gasteiger partial charge in [0.25, 0.3) is 0 Å². The van der Waals surface area contributed by atoms with Gasteiger partial charge < -0.3 is 10.5 Å². The van der Waals surface area contributed by atoms with E-state index in [1.54, 1.807) is 0 Å². The third-order valence-corrected chi connectivity index (χ3v) is 4.24. The Labute approximate surface area is 120 Å². The summed E-state index contributed by atoms with van der Waals surface area (Å²) in [4.78, 5) is 4.34. The van der Waals surface area contributed by atoms with Crippen LogP contribution in [-0.2, 0) is 4.74 Å². The van der Waals surface area contributed by atoms with Crippen molar-refractivity contribution in [3.05, 3.63) is 42.1 Å². The summed E-state index contributed by atoms with van der Waals surface area (Å²) in [5.74, 6) is 0.714. The van der Waals surface area contributed by atoms with E-state index in [0.717, 1.165) is 31.4 Å². The zero-order valence-corrected chi connectivity index (χ0v) is 12.0. The lowest BCUT2D eigenvalue weighted by atomic mass is 9.77. The molecule has 3 heteroatoms. The fraction of sp³-hybridized carbons (Fsp3) is 0.471. The lowest BCUT2D eigenvalue weighted by molar-refractivity contribution is -0.0282. The van der Waals surface area contributed by atoms with E-state index in [-0.39, 0.29) is 6.04 Å². The highest BCUT2D eigenvalue weighted by Crippen LogP contribution is 2.36. The first-order valence-corrected chi connectivity index (χ1v) is 7.48. The minimum Gasteiger partial charge on any atom is -0.378 e. The summed E-state index contributed by atoms with van der Waals surface area (Å²) in [6, 6.07) is 10.5. The smallest absolute Gasteiger partial charge is 0.0702 e. The number of hydrogen-bond donors (Lipinski definition) is 1. The molecule has 1 aromatic heterocycles. The molecule has 1 atom stereocenters. The second-order valence-electron chi connectivity index (χ2n) is 5.71. The van der Waals surface area contributed by atoms with Crippen LogP contribution in [-0.4, -0.2) is 17.7 Å². The molecule has 20 heavy (non-hydrogen) atoms. The Morgan fingerprint density at radius 1 is 1.35 bits per heavy atom. The van der Waals surface area contributed by atoms with Crippen LogP contribution in [0.2, 0.25) is 0 Å². The van der Waals surface area contributed by atoms with Crippen LogP contribution in [0.25, 0.3) is 10.9 Å². The van der Waals surface area contributed by atoms with Gasteiger partial charge in [-0.25, -0.2) is 0 Å². The van der Waals surface area contributed by atoms with Crippen molar-refractivity contribution in [1.29, 1.82) is 0 Å². The van der Waals surface area contributed by atoms with Crippen molar-refractivity contribution in [1.82, 2.24) is 4.98 Å². The van der Waals surface area contributed by atoms with Crippen LogP contribution < -0.4 is 5.73 Å². The van der Waals surface area contributed by atoms with E-state index in [1.165, 1.54) is 10.9 Å². The molecule has 3 nitrogen and oxygen atoms in total. The summed E-state index contributed by atoms with van der Waals surface area (Å²) < 4.78 is 5.60. The van der Waals surface area contributed by atoms with Crippen LogP contribution in [0, 0.1) is 5.92 Å². The Balaban J connectivity index is 1.63. The van der Waals surface area contributed by atoms with Gasteiger partial charge in [-0.3, -0.25) is 4.98 Å². The van der Waals surface area contributed by atoms with Gasteiger partial charge in [0, 0.05) is 24.2 Å². The molecule has 106 valence electrons. The minimum absolute atomic E-state index is 0.118. The second kappa shape index (κ2) is 5.90. The number of rotatable bonds is 5. The van der Waals surface area contributed by atoms with E-state index in [2.05, 4.69) is 36.2 Å². The number of benzene rings is 1. The molecule has 0 amide bonds. The van der Waals surface area contributed by atoms with E-state index in [9.17, 15) is 0 Å². The number of nitrogens with two attached hydrogens (primary N) is 1. The zero-order valence-electron chi connectivity index (χ0n) is 12.0. The predicted octanol–water partition coefficient (Wildman–Crippen LogP) is 3.44. The second-order valence-corrected chi connectivity index (χ2v) is 5.71. The van der Waals surface area contributed by atoms with E-state index in [4.69, 9.17) is 10.5 Å². The van der Waals surface area contributed by atoms with Gasteiger partial charge >= 0.3 is 0 Å². The van der Waals surface area contributed by atoms with Crippen molar-refractivity contribution >= 4 is 10.9 Å². The lowest BCUT2D eigenvalue weighted by Crippen LogP contribution is -2.33. The first-order chi connectivity index (χ1) is 9.76. The quantitative estimate of drug-likeness (QED) is 0.905. The molecule has 1 aliphatic rings. The van der Waals surface area contributed by atoms with Crippen LogP contribution >= 0.6 is 0 Å². The Bertz CT molecular complexity index is 578.